The van der Waals surface area contributed by atoms with Gasteiger partial charge in [0.25, 0.3) is 5.91 Å². The monoisotopic (exact) mass is 404 g/mol. The first-order valence-electron chi connectivity index (χ1n) is 9.89. The lowest BCUT2D eigenvalue weighted by Gasteiger charge is -2.21. The summed E-state index contributed by atoms with van der Waals surface area (Å²) in [5.41, 5.74) is 3.60. The SMILES string of the molecule is COc1ccc(C(CNC(=O)C2=NN(C)C(=O)CC2)c2c[nH]c3ccccc23)cc1. The summed E-state index contributed by atoms with van der Waals surface area (Å²) in [7, 11) is 3.21. The molecule has 2 N–H and O–H groups in total. The standard InChI is InChI=1S/C23H24N4O3/c1-27-22(28)12-11-21(26-27)23(29)25-13-18(15-7-9-16(30-2)10-8-15)19-14-24-20-6-4-3-5-17(19)20/h3-10,14,18,24H,11-13H2,1-2H3,(H,25,29). The second-order valence-corrected chi connectivity index (χ2v) is 7.29. The van der Waals surface area contributed by atoms with Crippen molar-refractivity contribution in [1.82, 2.24) is 15.3 Å². The molecule has 4 rings (SSSR count). The summed E-state index contributed by atoms with van der Waals surface area (Å²) >= 11 is 0. The highest BCUT2D eigenvalue weighted by Crippen LogP contribution is 2.31. The average Bonchev–Trinajstić information content (AvgIpc) is 3.20. The lowest BCUT2D eigenvalue weighted by atomic mass is 9.90. The van der Waals surface area contributed by atoms with Crippen molar-refractivity contribution in [2.75, 3.05) is 20.7 Å². The first-order valence-corrected chi connectivity index (χ1v) is 9.89. The van der Waals surface area contributed by atoms with Crippen molar-refractivity contribution in [2.24, 2.45) is 5.10 Å². The number of methoxy groups -OCH3 is 1. The van der Waals surface area contributed by atoms with Gasteiger partial charge in [-0.05, 0) is 29.3 Å². The Hall–Kier alpha value is -3.61. The van der Waals surface area contributed by atoms with Crippen LogP contribution in [0.2, 0.25) is 0 Å². The van der Waals surface area contributed by atoms with Crippen molar-refractivity contribution >= 4 is 28.4 Å². The van der Waals surface area contributed by atoms with Crippen LogP contribution in [0.3, 0.4) is 0 Å². The number of nitrogens with zero attached hydrogens (tertiary/aromatic N) is 2. The minimum atomic E-state index is -0.243. The van der Waals surface area contributed by atoms with E-state index < -0.39 is 0 Å². The van der Waals surface area contributed by atoms with Crippen LogP contribution in [0, 0.1) is 0 Å². The normalized spacial score (nSPS) is 15.1. The molecule has 2 heterocycles. The zero-order valence-corrected chi connectivity index (χ0v) is 17.0. The molecule has 30 heavy (non-hydrogen) atoms. The maximum Gasteiger partial charge on any atom is 0.267 e. The smallest absolute Gasteiger partial charge is 0.267 e. The number of carbonyl (C=O) groups is 2. The number of para-hydroxylation sites is 1. The lowest BCUT2D eigenvalue weighted by Crippen LogP contribution is -2.39. The van der Waals surface area contributed by atoms with E-state index >= 15 is 0 Å². The molecule has 3 aromatic rings. The molecule has 0 saturated carbocycles. The number of H-pyrrole nitrogens is 1. The van der Waals surface area contributed by atoms with Gasteiger partial charge in [-0.15, -0.1) is 0 Å². The fourth-order valence-corrected chi connectivity index (χ4v) is 3.76. The molecule has 7 heteroatoms. The van der Waals surface area contributed by atoms with Gasteiger partial charge in [0.15, 0.2) is 0 Å². The van der Waals surface area contributed by atoms with Crippen molar-refractivity contribution in [1.29, 1.82) is 0 Å². The number of ether oxygens (including phenoxy) is 1. The molecule has 0 saturated heterocycles. The summed E-state index contributed by atoms with van der Waals surface area (Å²) < 4.78 is 5.28. The fraction of sp³-hybridized carbons (Fsp3) is 0.261. The minimum Gasteiger partial charge on any atom is -0.497 e. The summed E-state index contributed by atoms with van der Waals surface area (Å²) in [5, 5.41) is 9.48. The number of carbonyl (C=O) groups excluding carboxylic acids is 2. The molecule has 1 aromatic heterocycles. The van der Waals surface area contributed by atoms with Crippen LogP contribution in [-0.4, -0.2) is 48.2 Å². The summed E-state index contributed by atoms with van der Waals surface area (Å²) in [6.07, 6.45) is 2.65. The van der Waals surface area contributed by atoms with Gasteiger partial charge in [0, 0.05) is 49.5 Å². The van der Waals surface area contributed by atoms with E-state index in [0.717, 1.165) is 27.8 Å². The third-order valence-electron chi connectivity index (χ3n) is 5.45. The molecule has 0 fully saturated rings. The van der Waals surface area contributed by atoms with E-state index in [4.69, 9.17) is 4.74 Å². The maximum atomic E-state index is 12.7. The van der Waals surface area contributed by atoms with Gasteiger partial charge in [0.05, 0.1) is 7.11 Å². The Morgan fingerprint density at radius 1 is 1.20 bits per heavy atom. The Morgan fingerprint density at radius 2 is 1.97 bits per heavy atom. The minimum absolute atomic E-state index is 0.0560. The van der Waals surface area contributed by atoms with Crippen molar-refractivity contribution in [3.05, 3.63) is 65.9 Å². The highest BCUT2D eigenvalue weighted by Gasteiger charge is 2.24. The number of amides is 2. The number of hydrazone groups is 1. The largest absolute Gasteiger partial charge is 0.497 e. The van der Waals surface area contributed by atoms with E-state index in [1.807, 2.05) is 48.7 Å². The first kappa shape index (κ1) is 19.7. The van der Waals surface area contributed by atoms with Gasteiger partial charge >= 0.3 is 0 Å². The Balaban J connectivity index is 1.61. The Kier molecular flexibility index (Phi) is 5.52. The number of hydrogen-bond donors (Lipinski definition) is 2. The van der Waals surface area contributed by atoms with Crippen LogP contribution in [0.5, 0.6) is 5.75 Å². The highest BCUT2D eigenvalue weighted by atomic mass is 16.5. The first-order chi connectivity index (χ1) is 14.6. The topological polar surface area (TPSA) is 86.8 Å². The molecule has 1 unspecified atom stereocenters. The highest BCUT2D eigenvalue weighted by molar-refractivity contribution is 6.39. The third-order valence-corrected chi connectivity index (χ3v) is 5.45. The summed E-state index contributed by atoms with van der Waals surface area (Å²) in [4.78, 5) is 27.6. The van der Waals surface area contributed by atoms with Crippen LogP contribution >= 0.6 is 0 Å². The molecular weight excluding hydrogens is 380 g/mol. The number of nitrogens with one attached hydrogen (secondary N) is 2. The molecule has 154 valence electrons. The van der Waals surface area contributed by atoms with E-state index in [0.29, 0.717) is 25.1 Å². The predicted octanol–water partition coefficient (Wildman–Crippen LogP) is 3.03. The van der Waals surface area contributed by atoms with Crippen LogP contribution < -0.4 is 10.1 Å². The zero-order valence-electron chi connectivity index (χ0n) is 17.0. The van der Waals surface area contributed by atoms with Crippen LogP contribution in [-0.2, 0) is 9.59 Å². The van der Waals surface area contributed by atoms with Gasteiger partial charge in [-0.1, -0.05) is 30.3 Å². The number of hydrogen-bond acceptors (Lipinski definition) is 4. The molecule has 1 aliphatic heterocycles. The molecule has 0 radical (unpaired) electrons. The quantitative estimate of drug-likeness (QED) is 0.662. The number of aromatic nitrogens is 1. The summed E-state index contributed by atoms with van der Waals surface area (Å²) in [5.74, 6) is 0.401. The zero-order chi connectivity index (χ0) is 21.1. The Bertz CT molecular complexity index is 1100. The second kappa shape index (κ2) is 8.41. The molecule has 1 aliphatic rings. The number of fused-ring (bicyclic) bond motifs is 1. The van der Waals surface area contributed by atoms with Gasteiger partial charge in [-0.3, -0.25) is 9.59 Å². The Labute approximate surface area is 174 Å². The van der Waals surface area contributed by atoms with Crippen LogP contribution in [0.25, 0.3) is 10.9 Å². The van der Waals surface area contributed by atoms with Crippen molar-refractivity contribution in [2.45, 2.75) is 18.8 Å². The Morgan fingerprint density at radius 3 is 2.70 bits per heavy atom. The van der Waals surface area contributed by atoms with Gasteiger partial charge in [0.2, 0.25) is 5.91 Å². The van der Waals surface area contributed by atoms with Crippen LogP contribution in [0.4, 0.5) is 0 Å². The third kappa shape index (κ3) is 3.91. The molecule has 0 aliphatic carbocycles. The van der Waals surface area contributed by atoms with Gasteiger partial charge in [-0.2, -0.15) is 5.10 Å². The molecule has 0 spiro atoms. The van der Waals surface area contributed by atoms with Gasteiger partial charge in [-0.25, -0.2) is 5.01 Å². The van der Waals surface area contributed by atoms with Crippen LogP contribution in [0.15, 0.2) is 59.8 Å². The van der Waals surface area contributed by atoms with E-state index in [1.54, 1.807) is 14.2 Å². The van der Waals surface area contributed by atoms with Crippen molar-refractivity contribution in [3.8, 4) is 5.75 Å². The lowest BCUT2D eigenvalue weighted by molar-refractivity contribution is -0.130. The number of aromatic amines is 1. The number of rotatable bonds is 6. The molecule has 0 bridgehead atoms. The van der Waals surface area contributed by atoms with Gasteiger partial charge in [0.1, 0.15) is 11.5 Å². The molecule has 2 aromatic carbocycles. The van der Waals surface area contributed by atoms with Crippen molar-refractivity contribution in [3.63, 3.8) is 0 Å². The molecule has 2 amide bonds. The summed E-state index contributed by atoms with van der Waals surface area (Å²) in [6.45, 7) is 0.406. The fourth-order valence-electron chi connectivity index (χ4n) is 3.76. The molecule has 7 nitrogen and oxygen atoms in total. The molecule has 1 atom stereocenters. The van der Waals surface area contributed by atoms with Crippen molar-refractivity contribution < 1.29 is 14.3 Å². The van der Waals surface area contributed by atoms with Crippen LogP contribution in [0.1, 0.15) is 29.9 Å². The maximum absolute atomic E-state index is 12.7. The second-order valence-electron chi connectivity index (χ2n) is 7.29. The van der Waals surface area contributed by atoms with E-state index in [2.05, 4.69) is 21.5 Å². The molecular formula is C23H24N4O3. The van der Waals surface area contributed by atoms with E-state index in [9.17, 15) is 9.59 Å². The predicted molar refractivity (Wildman–Crippen MR) is 116 cm³/mol. The number of benzene rings is 2. The van der Waals surface area contributed by atoms with E-state index in [-0.39, 0.29) is 17.7 Å². The van der Waals surface area contributed by atoms with E-state index in [1.165, 1.54) is 5.01 Å². The summed E-state index contributed by atoms with van der Waals surface area (Å²) in [6, 6.07) is 16.0. The van der Waals surface area contributed by atoms with Gasteiger partial charge < -0.3 is 15.0 Å². The average molecular weight is 404 g/mol.